The molecule has 37 heavy (non-hydrogen) atoms. The number of aromatic nitrogens is 4. The molecule has 4 aromatic rings. The zero-order valence-corrected chi connectivity index (χ0v) is 19.9. The molecule has 0 unspecified atom stereocenters. The smallest absolute Gasteiger partial charge is 0.387 e. The Bertz CT molecular complexity index is 1390. The summed E-state index contributed by atoms with van der Waals surface area (Å²) in [5.41, 5.74) is 1.60. The lowest BCUT2D eigenvalue weighted by Gasteiger charge is -2.16. The fourth-order valence-corrected chi connectivity index (χ4v) is 3.81. The monoisotopic (exact) mass is 510 g/mol. The predicted octanol–water partition coefficient (Wildman–Crippen LogP) is 3.78. The molecule has 0 atom stereocenters. The van der Waals surface area contributed by atoms with Gasteiger partial charge in [-0.3, -0.25) is 9.20 Å². The van der Waals surface area contributed by atoms with Gasteiger partial charge in [0.15, 0.2) is 0 Å². The number of fused-ring (bicyclic) bond motifs is 1. The second-order valence-corrected chi connectivity index (χ2v) is 8.28. The zero-order chi connectivity index (χ0) is 25.8. The molecule has 10 nitrogen and oxygen atoms in total. The van der Waals surface area contributed by atoms with Crippen LogP contribution in [0.25, 0.3) is 16.9 Å². The van der Waals surface area contributed by atoms with Crippen LogP contribution in [-0.2, 0) is 0 Å². The zero-order valence-electron chi connectivity index (χ0n) is 19.9. The number of alkyl halides is 2. The first-order chi connectivity index (χ1) is 18.0. The molecular weight excluding hydrogens is 486 g/mol. The van der Waals surface area contributed by atoms with E-state index < -0.39 is 12.5 Å². The van der Waals surface area contributed by atoms with Crippen molar-refractivity contribution in [3.8, 4) is 28.5 Å². The number of pyridine rings is 1. The Labute approximate surface area is 210 Å². The lowest BCUT2D eigenvalue weighted by Crippen LogP contribution is -2.26. The fraction of sp³-hybridized carbons (Fsp3) is 0.280. The summed E-state index contributed by atoms with van der Waals surface area (Å²) in [7, 11) is 1.37. The summed E-state index contributed by atoms with van der Waals surface area (Å²) in [6.07, 6.45) is 8.17. The van der Waals surface area contributed by atoms with Gasteiger partial charge >= 0.3 is 6.61 Å². The first-order valence-electron chi connectivity index (χ1n) is 11.6. The maximum Gasteiger partial charge on any atom is 0.387 e. The molecule has 2 N–H and O–H groups in total. The summed E-state index contributed by atoms with van der Waals surface area (Å²) in [4.78, 5) is 25.1. The highest BCUT2D eigenvalue weighted by Gasteiger charge is 2.29. The van der Waals surface area contributed by atoms with Crippen molar-refractivity contribution in [2.45, 2.75) is 25.5 Å². The third-order valence-corrected chi connectivity index (χ3v) is 5.68. The van der Waals surface area contributed by atoms with E-state index in [0.29, 0.717) is 41.6 Å². The Kier molecular flexibility index (Phi) is 6.97. The molecule has 1 aromatic carbocycles. The van der Waals surface area contributed by atoms with Gasteiger partial charge < -0.3 is 24.8 Å². The summed E-state index contributed by atoms with van der Waals surface area (Å²) in [5.74, 6) is 0.649. The van der Waals surface area contributed by atoms with Crippen LogP contribution >= 0.6 is 0 Å². The average Bonchev–Trinajstić information content (AvgIpc) is 3.61. The van der Waals surface area contributed by atoms with Crippen molar-refractivity contribution in [2.24, 2.45) is 0 Å². The lowest BCUT2D eigenvalue weighted by atomic mass is 10.1. The Morgan fingerprint density at radius 1 is 1.19 bits per heavy atom. The molecule has 192 valence electrons. The molecule has 1 amide bonds. The molecule has 1 saturated carbocycles. The number of amides is 1. The Hall–Kier alpha value is -4.48. The first-order valence-corrected chi connectivity index (χ1v) is 11.6. The molecule has 1 fully saturated rings. The Morgan fingerprint density at radius 3 is 2.76 bits per heavy atom. The van der Waals surface area contributed by atoms with Crippen molar-refractivity contribution in [1.82, 2.24) is 24.7 Å². The molecule has 12 heteroatoms. The number of nitrogens with zero attached hydrogens (tertiary/aromatic N) is 4. The first kappa shape index (κ1) is 24.2. The largest absolute Gasteiger partial charge is 0.496 e. The van der Waals surface area contributed by atoms with Crippen molar-refractivity contribution in [3.63, 3.8) is 0 Å². The predicted molar refractivity (Wildman–Crippen MR) is 130 cm³/mol. The summed E-state index contributed by atoms with van der Waals surface area (Å²) < 4.78 is 44.2. The highest BCUT2D eigenvalue weighted by atomic mass is 19.3. The topological polar surface area (TPSA) is 112 Å². The van der Waals surface area contributed by atoms with Gasteiger partial charge in [0.25, 0.3) is 5.91 Å². The highest BCUT2D eigenvalue weighted by molar-refractivity contribution is 6.01. The van der Waals surface area contributed by atoms with E-state index in [4.69, 9.17) is 14.2 Å². The normalized spacial score (nSPS) is 13.0. The molecule has 1 aliphatic carbocycles. The molecule has 3 aromatic heterocycles. The summed E-state index contributed by atoms with van der Waals surface area (Å²) in [6, 6.07) is 8.33. The number of halogens is 2. The van der Waals surface area contributed by atoms with Crippen LogP contribution < -0.4 is 24.8 Å². The molecule has 1 aliphatic rings. The quantitative estimate of drug-likeness (QED) is 0.293. The van der Waals surface area contributed by atoms with E-state index in [9.17, 15) is 13.6 Å². The van der Waals surface area contributed by atoms with Gasteiger partial charge in [0, 0.05) is 30.1 Å². The van der Waals surface area contributed by atoms with E-state index in [1.807, 2.05) is 0 Å². The number of anilines is 1. The lowest BCUT2D eigenvalue weighted by molar-refractivity contribution is -0.0502. The number of carbonyl (C=O) groups is 1. The second-order valence-electron chi connectivity index (χ2n) is 8.28. The summed E-state index contributed by atoms with van der Waals surface area (Å²) in [6.45, 7) is -2.18. The number of hydrogen-bond donors (Lipinski definition) is 2. The van der Waals surface area contributed by atoms with Crippen molar-refractivity contribution < 1.29 is 27.8 Å². The number of benzene rings is 1. The van der Waals surface area contributed by atoms with Gasteiger partial charge in [-0.2, -0.15) is 8.78 Å². The Morgan fingerprint density at radius 2 is 2.03 bits per heavy atom. The summed E-state index contributed by atoms with van der Waals surface area (Å²) in [5, 5.41) is 5.92. The molecule has 0 bridgehead atoms. The summed E-state index contributed by atoms with van der Waals surface area (Å²) >= 11 is 0. The minimum atomic E-state index is -3.11. The molecule has 0 spiro atoms. The van der Waals surface area contributed by atoms with E-state index in [1.165, 1.54) is 19.5 Å². The van der Waals surface area contributed by atoms with Gasteiger partial charge in [0.1, 0.15) is 47.2 Å². The van der Waals surface area contributed by atoms with Crippen molar-refractivity contribution in [1.29, 1.82) is 0 Å². The Balaban J connectivity index is 1.37. The minimum Gasteiger partial charge on any atom is -0.496 e. The van der Waals surface area contributed by atoms with Crippen LogP contribution in [0, 0.1) is 0 Å². The van der Waals surface area contributed by atoms with E-state index in [0.717, 1.165) is 12.8 Å². The van der Waals surface area contributed by atoms with Gasteiger partial charge in [-0.25, -0.2) is 15.0 Å². The average molecular weight is 511 g/mol. The molecule has 0 aliphatic heterocycles. The van der Waals surface area contributed by atoms with Crippen LogP contribution in [0.15, 0.2) is 55.2 Å². The van der Waals surface area contributed by atoms with Crippen molar-refractivity contribution >= 4 is 17.4 Å². The third kappa shape index (κ3) is 5.68. The van der Waals surface area contributed by atoms with E-state index in [2.05, 4.69) is 25.6 Å². The fourth-order valence-electron chi connectivity index (χ4n) is 3.81. The number of methoxy groups -OCH3 is 1. The standard InChI is InChI=1S/C25H24F2N6O4/c1-35-19-10-15(11-20(37-25(26)27)23(19)24(34)32-16-2-3-16)18-13-30-22-12-17(5-8-33(18)22)36-9-7-29-21-4-6-28-14-31-21/h4-6,8,10-14,16,25H,2-3,7,9H2,1H3,(H,32,34)(H,28,29,31). The van der Waals surface area contributed by atoms with Crippen LogP contribution in [-0.4, -0.2) is 58.2 Å². The van der Waals surface area contributed by atoms with Gasteiger partial charge in [-0.05, 0) is 37.1 Å². The SMILES string of the molecule is COc1cc(-c2cnc3cc(OCCNc4ccncn4)ccn23)cc(OC(F)F)c1C(=O)NC1CC1. The van der Waals surface area contributed by atoms with Crippen LogP contribution in [0.4, 0.5) is 14.6 Å². The van der Waals surface area contributed by atoms with Crippen LogP contribution in [0.3, 0.4) is 0 Å². The number of imidazole rings is 1. The maximum absolute atomic E-state index is 13.2. The molecule has 5 rings (SSSR count). The van der Waals surface area contributed by atoms with Crippen LogP contribution in [0.2, 0.25) is 0 Å². The van der Waals surface area contributed by atoms with Crippen molar-refractivity contribution in [3.05, 3.63) is 60.8 Å². The van der Waals surface area contributed by atoms with Gasteiger partial charge in [-0.1, -0.05) is 0 Å². The van der Waals surface area contributed by atoms with Crippen LogP contribution in [0.5, 0.6) is 17.2 Å². The number of carbonyl (C=O) groups excluding carboxylic acids is 1. The molecule has 0 radical (unpaired) electrons. The van der Waals surface area contributed by atoms with E-state index in [-0.39, 0.29) is 23.1 Å². The second kappa shape index (κ2) is 10.6. The minimum absolute atomic E-state index is 0.0366. The maximum atomic E-state index is 13.2. The number of nitrogens with one attached hydrogen (secondary N) is 2. The van der Waals surface area contributed by atoms with Crippen LogP contribution in [0.1, 0.15) is 23.2 Å². The van der Waals surface area contributed by atoms with Gasteiger partial charge in [0.2, 0.25) is 0 Å². The van der Waals surface area contributed by atoms with Crippen molar-refractivity contribution in [2.75, 3.05) is 25.6 Å². The molecule has 0 saturated heterocycles. The molecule has 3 heterocycles. The third-order valence-electron chi connectivity index (χ3n) is 5.68. The number of hydrogen-bond acceptors (Lipinski definition) is 8. The van der Waals surface area contributed by atoms with E-state index in [1.54, 1.807) is 47.3 Å². The van der Waals surface area contributed by atoms with E-state index >= 15 is 0 Å². The number of ether oxygens (including phenoxy) is 3. The van der Waals surface area contributed by atoms with Gasteiger partial charge in [-0.15, -0.1) is 0 Å². The molecular formula is C25H24F2N6O4. The highest BCUT2D eigenvalue weighted by Crippen LogP contribution is 2.37. The number of rotatable bonds is 11. The van der Waals surface area contributed by atoms with Gasteiger partial charge in [0.05, 0.1) is 25.5 Å².